The molecular weight excluding hydrogens is 482 g/mol. The van der Waals surface area contributed by atoms with Crippen LogP contribution in [0.3, 0.4) is 0 Å². The highest BCUT2D eigenvalue weighted by Crippen LogP contribution is 2.29. The second-order valence-corrected chi connectivity index (χ2v) is 8.42. The molecule has 4 aromatic rings. The molecule has 0 aliphatic carbocycles. The number of benzene rings is 2. The van der Waals surface area contributed by atoms with Gasteiger partial charge in [0.15, 0.2) is 11.4 Å². The van der Waals surface area contributed by atoms with Crippen molar-refractivity contribution in [1.82, 2.24) is 20.3 Å². The van der Waals surface area contributed by atoms with Crippen LogP contribution in [0.2, 0.25) is 0 Å². The zero-order valence-electron chi connectivity index (χ0n) is 19.7. The largest absolute Gasteiger partial charge is 0.465 e. The minimum Gasteiger partial charge on any atom is -0.465 e. The molecule has 2 amide bonds. The maximum absolute atomic E-state index is 12.8. The molecule has 0 saturated carbocycles. The van der Waals surface area contributed by atoms with E-state index in [0.29, 0.717) is 52.3 Å². The number of imidazole rings is 1. The molecule has 2 aromatic heterocycles. The molecule has 186 valence electrons. The van der Waals surface area contributed by atoms with Crippen molar-refractivity contribution in [3.8, 4) is 17.2 Å². The van der Waals surface area contributed by atoms with Crippen LogP contribution in [-0.4, -0.2) is 40.2 Å². The van der Waals surface area contributed by atoms with E-state index in [0.717, 1.165) is 0 Å². The fourth-order valence-electron chi connectivity index (χ4n) is 3.21. The highest BCUT2D eigenvalue weighted by atomic mass is 32.1. The van der Waals surface area contributed by atoms with Crippen molar-refractivity contribution in [3.63, 3.8) is 0 Å². The number of nitrogens with one attached hydrogen (secondary N) is 3. The summed E-state index contributed by atoms with van der Waals surface area (Å²) in [4.78, 5) is 36.3. The summed E-state index contributed by atoms with van der Waals surface area (Å²) in [6, 6.07) is 11.6. The number of carbonyl (C=O) groups is 2. The van der Waals surface area contributed by atoms with Crippen LogP contribution < -0.4 is 20.1 Å². The van der Waals surface area contributed by atoms with Crippen LogP contribution in [-0.2, 0) is 11.3 Å². The first-order chi connectivity index (χ1) is 17.5. The Labute approximate surface area is 211 Å². The average molecular weight is 508 g/mol. The van der Waals surface area contributed by atoms with Gasteiger partial charge in [0.2, 0.25) is 0 Å². The van der Waals surface area contributed by atoms with E-state index in [2.05, 4.69) is 25.6 Å². The number of nitrogens with zero attached hydrogens (tertiary/aromatic N) is 2. The van der Waals surface area contributed by atoms with E-state index in [1.807, 2.05) is 6.92 Å². The van der Waals surface area contributed by atoms with Crippen LogP contribution in [0, 0.1) is 0 Å². The molecule has 11 heteroatoms. The molecule has 10 nitrogen and oxygen atoms in total. The minimum atomic E-state index is -0.478. The topological polar surface area (TPSA) is 127 Å². The molecule has 1 atom stereocenters. The molecule has 4 rings (SSSR count). The van der Waals surface area contributed by atoms with Crippen LogP contribution >= 0.6 is 11.3 Å². The van der Waals surface area contributed by atoms with E-state index in [1.54, 1.807) is 73.5 Å². The Kier molecular flexibility index (Phi) is 8.27. The number of carbonyl (C=O) groups excluding carboxylic acids is 2. The number of anilines is 1. The molecule has 36 heavy (non-hydrogen) atoms. The van der Waals surface area contributed by atoms with E-state index in [1.165, 1.54) is 11.3 Å². The van der Waals surface area contributed by atoms with Gasteiger partial charge in [-0.2, -0.15) is 0 Å². The summed E-state index contributed by atoms with van der Waals surface area (Å²) in [6.45, 7) is 2.22. The Balaban J connectivity index is 1.49. The van der Waals surface area contributed by atoms with Gasteiger partial charge in [-0.3, -0.25) is 14.9 Å². The number of aromatic amines is 1. The lowest BCUT2D eigenvalue weighted by Gasteiger charge is -2.17. The molecule has 0 aliphatic rings. The molecule has 0 bridgehead atoms. The number of methoxy groups -OCH3 is 1. The van der Waals surface area contributed by atoms with Crippen LogP contribution in [0.4, 0.5) is 5.13 Å². The van der Waals surface area contributed by atoms with Gasteiger partial charge in [-0.25, -0.2) is 9.97 Å². The maximum atomic E-state index is 12.8. The predicted octanol–water partition coefficient (Wildman–Crippen LogP) is 4.60. The zero-order valence-corrected chi connectivity index (χ0v) is 20.5. The number of rotatable bonds is 11. The Morgan fingerprint density at radius 2 is 1.81 bits per heavy atom. The fourth-order valence-corrected chi connectivity index (χ4v) is 3.73. The summed E-state index contributed by atoms with van der Waals surface area (Å²) >= 11 is 1.32. The zero-order chi connectivity index (χ0) is 25.3. The first kappa shape index (κ1) is 24.9. The van der Waals surface area contributed by atoms with Crippen molar-refractivity contribution in [1.29, 1.82) is 0 Å². The molecule has 0 aliphatic heterocycles. The number of H-pyrrole nitrogens is 1. The summed E-state index contributed by atoms with van der Waals surface area (Å²) < 4.78 is 17.2. The third-order valence-electron chi connectivity index (χ3n) is 4.98. The number of hydrogen-bond acceptors (Lipinski definition) is 8. The van der Waals surface area contributed by atoms with Gasteiger partial charge in [0.25, 0.3) is 11.8 Å². The summed E-state index contributed by atoms with van der Waals surface area (Å²) in [5.41, 5.74) is 0.804. The van der Waals surface area contributed by atoms with Crippen molar-refractivity contribution in [2.24, 2.45) is 0 Å². The quantitative estimate of drug-likeness (QED) is 0.253. The molecule has 2 heterocycles. The predicted molar refractivity (Wildman–Crippen MR) is 134 cm³/mol. The lowest BCUT2D eigenvalue weighted by molar-refractivity contribution is -0.0549. The van der Waals surface area contributed by atoms with E-state index in [9.17, 15) is 9.59 Å². The summed E-state index contributed by atoms with van der Waals surface area (Å²) in [5, 5.41) is 7.81. The van der Waals surface area contributed by atoms with E-state index >= 15 is 0 Å². The Bertz CT molecular complexity index is 1270. The van der Waals surface area contributed by atoms with Crippen molar-refractivity contribution in [2.45, 2.75) is 26.2 Å². The number of amides is 2. The number of ether oxygens (including phenoxy) is 3. The van der Waals surface area contributed by atoms with Crippen LogP contribution in [0.25, 0.3) is 0 Å². The first-order valence-corrected chi connectivity index (χ1v) is 12.0. The highest BCUT2D eigenvalue weighted by molar-refractivity contribution is 7.13. The molecule has 0 saturated heterocycles. The first-order valence-electron chi connectivity index (χ1n) is 11.1. The van der Waals surface area contributed by atoms with Gasteiger partial charge in [-0.1, -0.05) is 6.92 Å². The van der Waals surface area contributed by atoms with Gasteiger partial charge < -0.3 is 24.5 Å². The molecule has 3 N–H and O–H groups in total. The second kappa shape index (κ2) is 12.0. The van der Waals surface area contributed by atoms with E-state index in [-0.39, 0.29) is 11.8 Å². The van der Waals surface area contributed by atoms with Crippen LogP contribution in [0.5, 0.6) is 17.2 Å². The molecule has 0 radical (unpaired) electrons. The minimum absolute atomic E-state index is 0.236. The number of aromatic nitrogens is 3. The van der Waals surface area contributed by atoms with Gasteiger partial charge in [-0.05, 0) is 36.4 Å². The van der Waals surface area contributed by atoms with Gasteiger partial charge in [-0.15, -0.1) is 11.3 Å². The van der Waals surface area contributed by atoms with Gasteiger partial charge in [0.05, 0.1) is 6.54 Å². The van der Waals surface area contributed by atoms with Crippen LogP contribution in [0.1, 0.15) is 39.9 Å². The lowest BCUT2D eigenvalue weighted by atomic mass is 10.1. The Hall–Kier alpha value is -4.22. The second-order valence-electron chi connectivity index (χ2n) is 7.52. The maximum Gasteiger partial charge on any atom is 0.257 e. The normalized spacial score (nSPS) is 11.5. The van der Waals surface area contributed by atoms with Gasteiger partial charge in [0, 0.05) is 54.7 Å². The smallest absolute Gasteiger partial charge is 0.257 e. The Morgan fingerprint density at radius 3 is 2.47 bits per heavy atom. The molecular formula is C25H25N5O5S. The Morgan fingerprint density at radius 1 is 1.00 bits per heavy atom. The van der Waals surface area contributed by atoms with Crippen molar-refractivity contribution >= 4 is 28.3 Å². The summed E-state index contributed by atoms with van der Waals surface area (Å²) in [7, 11) is 1.55. The third kappa shape index (κ3) is 6.68. The monoisotopic (exact) mass is 507 g/mol. The summed E-state index contributed by atoms with van der Waals surface area (Å²) in [5.74, 6) is 1.37. The molecule has 0 spiro atoms. The lowest BCUT2D eigenvalue weighted by Crippen LogP contribution is -2.23. The van der Waals surface area contributed by atoms with E-state index in [4.69, 9.17) is 14.2 Å². The summed E-state index contributed by atoms with van der Waals surface area (Å²) in [6.07, 6.45) is 5.07. The van der Waals surface area contributed by atoms with Gasteiger partial charge in [0.1, 0.15) is 23.1 Å². The molecule has 1 unspecified atom stereocenters. The van der Waals surface area contributed by atoms with Gasteiger partial charge >= 0.3 is 0 Å². The SMILES string of the molecule is CCC(OC)Oc1cc(Oc2ccc(C(=O)NCc3ncc[nH]3)cc2)cc(C(=O)Nc2nccs2)c1. The fraction of sp³-hybridized carbons (Fsp3) is 0.200. The molecule has 2 aromatic carbocycles. The van der Waals surface area contributed by atoms with Crippen molar-refractivity contribution in [3.05, 3.63) is 83.4 Å². The van der Waals surface area contributed by atoms with Crippen LogP contribution in [0.15, 0.2) is 66.4 Å². The number of hydrogen-bond donors (Lipinski definition) is 3. The third-order valence-corrected chi connectivity index (χ3v) is 5.67. The van der Waals surface area contributed by atoms with Crippen molar-refractivity contribution < 1.29 is 23.8 Å². The molecule has 0 fully saturated rings. The number of thiazole rings is 1. The van der Waals surface area contributed by atoms with E-state index < -0.39 is 6.29 Å². The standard InChI is InChI=1S/C25H25N5O5S/c1-3-22(33-2)35-20-13-17(24(32)30-25-28-10-11-36-25)12-19(14-20)34-18-6-4-16(5-7-18)23(31)29-15-21-26-8-9-27-21/h4-14,22H,3,15H2,1-2H3,(H,26,27)(H,29,31)(H,28,30,32). The average Bonchev–Trinajstić information content (AvgIpc) is 3.61. The van der Waals surface area contributed by atoms with Crippen molar-refractivity contribution in [2.75, 3.05) is 12.4 Å². The highest BCUT2D eigenvalue weighted by Gasteiger charge is 2.15.